The average molecular weight is 274 g/mol. The summed E-state index contributed by atoms with van der Waals surface area (Å²) in [5.74, 6) is 1.55. The molecular formula is C15H22N4O. The summed E-state index contributed by atoms with van der Waals surface area (Å²) in [5, 5.41) is 4.08. The van der Waals surface area contributed by atoms with Crippen LogP contribution in [0.2, 0.25) is 0 Å². The molecule has 5 heteroatoms. The largest absolute Gasteiger partial charge is 0.339 e. The predicted octanol–water partition coefficient (Wildman–Crippen LogP) is 2.78. The Morgan fingerprint density at radius 2 is 2.05 bits per heavy atom. The number of aryl methyl sites for hydroxylation is 1. The van der Waals surface area contributed by atoms with Crippen molar-refractivity contribution < 1.29 is 4.52 Å². The lowest BCUT2D eigenvalue weighted by atomic mass is 9.90. The number of hydrogen-bond acceptors (Lipinski definition) is 5. The van der Waals surface area contributed by atoms with Gasteiger partial charge in [0.15, 0.2) is 0 Å². The minimum atomic E-state index is -0.0299. The zero-order valence-electron chi connectivity index (χ0n) is 12.5. The van der Waals surface area contributed by atoms with Gasteiger partial charge in [-0.3, -0.25) is 4.98 Å². The molecule has 108 valence electrons. The van der Waals surface area contributed by atoms with Crippen LogP contribution < -0.4 is 5.73 Å². The second-order valence-corrected chi connectivity index (χ2v) is 5.45. The molecule has 0 fully saturated rings. The average Bonchev–Trinajstić information content (AvgIpc) is 2.87. The van der Waals surface area contributed by atoms with E-state index in [-0.39, 0.29) is 12.0 Å². The normalized spacial score (nSPS) is 14.5. The SMILES string of the molecule is CCc1cccnc1-c1noc(C(C(C)C)C(C)N)n1. The van der Waals surface area contributed by atoms with Crippen LogP contribution in [0.3, 0.4) is 0 Å². The standard InChI is InChI=1S/C15H22N4O/c1-5-11-7-6-8-17-13(11)14-18-15(20-19-14)12(9(2)3)10(4)16/h6-10,12H,5,16H2,1-4H3. The number of rotatable bonds is 5. The van der Waals surface area contributed by atoms with Crippen molar-refractivity contribution in [2.24, 2.45) is 11.7 Å². The maximum atomic E-state index is 6.03. The van der Waals surface area contributed by atoms with Gasteiger partial charge in [-0.25, -0.2) is 0 Å². The molecular weight excluding hydrogens is 252 g/mol. The Morgan fingerprint density at radius 3 is 2.65 bits per heavy atom. The molecule has 2 aromatic rings. The van der Waals surface area contributed by atoms with Gasteiger partial charge >= 0.3 is 0 Å². The molecule has 0 saturated heterocycles. The zero-order valence-corrected chi connectivity index (χ0v) is 12.5. The van der Waals surface area contributed by atoms with E-state index in [0.717, 1.165) is 17.7 Å². The molecule has 0 radical (unpaired) electrons. The van der Waals surface area contributed by atoms with Crippen molar-refractivity contribution in [3.63, 3.8) is 0 Å². The first-order valence-electron chi connectivity index (χ1n) is 7.08. The smallest absolute Gasteiger partial charge is 0.231 e. The van der Waals surface area contributed by atoms with E-state index in [2.05, 4.69) is 35.9 Å². The highest BCUT2D eigenvalue weighted by molar-refractivity contribution is 5.53. The first-order chi connectivity index (χ1) is 9.54. The van der Waals surface area contributed by atoms with Crippen molar-refractivity contribution in [2.45, 2.75) is 46.1 Å². The van der Waals surface area contributed by atoms with E-state index in [4.69, 9.17) is 10.3 Å². The number of aromatic nitrogens is 3. The Kier molecular flexibility index (Phi) is 4.49. The molecule has 0 aliphatic carbocycles. The summed E-state index contributed by atoms with van der Waals surface area (Å²) in [7, 11) is 0. The third-order valence-electron chi connectivity index (χ3n) is 3.50. The lowest BCUT2D eigenvalue weighted by molar-refractivity contribution is 0.300. The first-order valence-corrected chi connectivity index (χ1v) is 7.08. The molecule has 2 heterocycles. The highest BCUT2D eigenvalue weighted by Gasteiger charge is 2.26. The van der Waals surface area contributed by atoms with E-state index in [0.29, 0.717) is 17.6 Å². The summed E-state index contributed by atoms with van der Waals surface area (Å²) < 4.78 is 5.42. The van der Waals surface area contributed by atoms with Crippen molar-refractivity contribution in [3.05, 3.63) is 29.8 Å². The fourth-order valence-electron chi connectivity index (χ4n) is 2.51. The topological polar surface area (TPSA) is 77.8 Å². The van der Waals surface area contributed by atoms with Gasteiger partial charge in [0.25, 0.3) is 0 Å². The van der Waals surface area contributed by atoms with Crippen LogP contribution in [-0.4, -0.2) is 21.2 Å². The van der Waals surface area contributed by atoms with Crippen LogP contribution in [0, 0.1) is 5.92 Å². The van der Waals surface area contributed by atoms with Gasteiger partial charge in [-0.2, -0.15) is 4.98 Å². The van der Waals surface area contributed by atoms with Gasteiger partial charge < -0.3 is 10.3 Å². The summed E-state index contributed by atoms with van der Waals surface area (Å²) >= 11 is 0. The van der Waals surface area contributed by atoms with E-state index >= 15 is 0 Å². The molecule has 2 rings (SSSR count). The van der Waals surface area contributed by atoms with E-state index in [1.807, 2.05) is 19.1 Å². The maximum absolute atomic E-state index is 6.03. The number of pyridine rings is 1. The minimum absolute atomic E-state index is 0.0299. The number of nitrogens with two attached hydrogens (primary N) is 1. The van der Waals surface area contributed by atoms with E-state index in [9.17, 15) is 0 Å². The van der Waals surface area contributed by atoms with Gasteiger partial charge in [-0.15, -0.1) is 0 Å². The number of nitrogens with zero attached hydrogens (tertiary/aromatic N) is 3. The first kappa shape index (κ1) is 14.7. The van der Waals surface area contributed by atoms with Crippen LogP contribution in [0.1, 0.15) is 45.1 Å². The lowest BCUT2D eigenvalue weighted by Gasteiger charge is -2.20. The van der Waals surface area contributed by atoms with Crippen molar-refractivity contribution in [1.29, 1.82) is 0 Å². The van der Waals surface area contributed by atoms with Gasteiger partial charge in [0.05, 0.1) is 5.92 Å². The lowest BCUT2D eigenvalue weighted by Crippen LogP contribution is -2.28. The molecule has 2 aromatic heterocycles. The molecule has 0 bridgehead atoms. The van der Waals surface area contributed by atoms with Gasteiger partial charge in [0, 0.05) is 12.2 Å². The van der Waals surface area contributed by atoms with E-state index < -0.39 is 0 Å². The van der Waals surface area contributed by atoms with Crippen LogP contribution in [0.5, 0.6) is 0 Å². The summed E-state index contributed by atoms with van der Waals surface area (Å²) in [6.07, 6.45) is 2.63. The van der Waals surface area contributed by atoms with E-state index in [1.54, 1.807) is 6.20 Å². The highest BCUT2D eigenvalue weighted by Crippen LogP contribution is 2.28. The van der Waals surface area contributed by atoms with Crippen LogP contribution in [0.4, 0.5) is 0 Å². The second-order valence-electron chi connectivity index (χ2n) is 5.45. The van der Waals surface area contributed by atoms with Crippen LogP contribution in [0.15, 0.2) is 22.9 Å². The van der Waals surface area contributed by atoms with Crippen molar-refractivity contribution in [1.82, 2.24) is 15.1 Å². The molecule has 2 atom stereocenters. The fourth-order valence-corrected chi connectivity index (χ4v) is 2.51. The predicted molar refractivity (Wildman–Crippen MR) is 78.1 cm³/mol. The summed E-state index contributed by atoms with van der Waals surface area (Å²) in [6, 6.07) is 3.92. The fraction of sp³-hybridized carbons (Fsp3) is 0.533. The van der Waals surface area contributed by atoms with Crippen molar-refractivity contribution >= 4 is 0 Å². The summed E-state index contributed by atoms with van der Waals surface area (Å²) in [6.45, 7) is 8.26. The van der Waals surface area contributed by atoms with E-state index in [1.165, 1.54) is 0 Å². The molecule has 0 amide bonds. The number of hydrogen-bond donors (Lipinski definition) is 1. The molecule has 0 saturated carbocycles. The Bertz CT molecular complexity index is 555. The van der Waals surface area contributed by atoms with Crippen molar-refractivity contribution in [2.75, 3.05) is 0 Å². The Morgan fingerprint density at radius 1 is 1.30 bits per heavy atom. The molecule has 2 unspecified atom stereocenters. The Hall–Kier alpha value is -1.75. The monoisotopic (exact) mass is 274 g/mol. The quantitative estimate of drug-likeness (QED) is 0.907. The third kappa shape index (κ3) is 2.88. The molecule has 0 aromatic carbocycles. The highest BCUT2D eigenvalue weighted by atomic mass is 16.5. The molecule has 0 aliphatic heterocycles. The minimum Gasteiger partial charge on any atom is -0.339 e. The van der Waals surface area contributed by atoms with Gasteiger partial charge in [0.1, 0.15) is 5.69 Å². The zero-order chi connectivity index (χ0) is 14.7. The molecule has 0 aliphatic rings. The summed E-state index contributed by atoms with van der Waals surface area (Å²) in [4.78, 5) is 8.88. The molecule has 2 N–H and O–H groups in total. The van der Waals surface area contributed by atoms with Gasteiger partial charge in [-0.05, 0) is 30.9 Å². The second kappa shape index (κ2) is 6.13. The Balaban J connectivity index is 2.37. The molecule has 20 heavy (non-hydrogen) atoms. The van der Waals surface area contributed by atoms with Gasteiger partial charge in [-0.1, -0.05) is 32.0 Å². The molecule has 0 spiro atoms. The van der Waals surface area contributed by atoms with Crippen LogP contribution >= 0.6 is 0 Å². The van der Waals surface area contributed by atoms with Crippen LogP contribution in [0.25, 0.3) is 11.5 Å². The van der Waals surface area contributed by atoms with Crippen LogP contribution in [-0.2, 0) is 6.42 Å². The van der Waals surface area contributed by atoms with Gasteiger partial charge in [0.2, 0.25) is 11.7 Å². The van der Waals surface area contributed by atoms with Crippen molar-refractivity contribution in [3.8, 4) is 11.5 Å². The maximum Gasteiger partial charge on any atom is 0.231 e. The molecule has 5 nitrogen and oxygen atoms in total. The third-order valence-corrected chi connectivity index (χ3v) is 3.50. The Labute approximate surface area is 119 Å². The summed E-state index contributed by atoms with van der Waals surface area (Å²) in [5.41, 5.74) is 7.93.